The van der Waals surface area contributed by atoms with Crippen LogP contribution in [0.25, 0.3) is 10.9 Å². The van der Waals surface area contributed by atoms with E-state index in [9.17, 15) is 13.2 Å². The predicted octanol–water partition coefficient (Wildman–Crippen LogP) is 4.15. The SMILES string of the molecule is CCCCNS(=O)(=O)c1cccc(NC(=O)c2cc3cc(Cl)ccc3[nH]2)c1. The molecule has 1 aromatic heterocycles. The van der Waals surface area contributed by atoms with Gasteiger partial charge in [0.1, 0.15) is 5.69 Å². The summed E-state index contributed by atoms with van der Waals surface area (Å²) in [5, 5.41) is 4.13. The summed E-state index contributed by atoms with van der Waals surface area (Å²) in [6, 6.07) is 13.2. The molecule has 1 amide bonds. The Morgan fingerprint density at radius 1 is 1.15 bits per heavy atom. The minimum atomic E-state index is -3.60. The van der Waals surface area contributed by atoms with Crippen LogP contribution in [-0.4, -0.2) is 25.9 Å². The summed E-state index contributed by atoms with van der Waals surface area (Å²) in [5.41, 5.74) is 1.55. The van der Waals surface area contributed by atoms with E-state index in [1.54, 1.807) is 36.4 Å². The van der Waals surface area contributed by atoms with E-state index in [0.717, 1.165) is 23.7 Å². The molecule has 0 unspecified atom stereocenters. The number of hydrogen-bond acceptors (Lipinski definition) is 3. The Bertz CT molecular complexity index is 1080. The first-order valence-corrected chi connectivity index (χ1v) is 10.4. The van der Waals surface area contributed by atoms with Crippen molar-refractivity contribution in [3.63, 3.8) is 0 Å². The van der Waals surface area contributed by atoms with Gasteiger partial charge in [0.25, 0.3) is 5.91 Å². The van der Waals surface area contributed by atoms with E-state index < -0.39 is 10.0 Å². The van der Waals surface area contributed by atoms with Gasteiger partial charge in [0.2, 0.25) is 10.0 Å². The van der Waals surface area contributed by atoms with E-state index in [0.29, 0.717) is 22.9 Å². The van der Waals surface area contributed by atoms with Gasteiger partial charge in [-0.15, -0.1) is 0 Å². The molecule has 0 spiro atoms. The van der Waals surface area contributed by atoms with E-state index >= 15 is 0 Å². The number of rotatable bonds is 7. The number of aromatic amines is 1. The number of aromatic nitrogens is 1. The van der Waals surface area contributed by atoms with Gasteiger partial charge in [-0.2, -0.15) is 0 Å². The number of nitrogens with one attached hydrogen (secondary N) is 3. The number of benzene rings is 2. The zero-order chi connectivity index (χ0) is 19.4. The molecule has 142 valence electrons. The monoisotopic (exact) mass is 405 g/mol. The third kappa shape index (κ3) is 4.68. The molecule has 0 aliphatic rings. The van der Waals surface area contributed by atoms with Crippen molar-refractivity contribution < 1.29 is 13.2 Å². The van der Waals surface area contributed by atoms with Crippen molar-refractivity contribution in [1.82, 2.24) is 9.71 Å². The van der Waals surface area contributed by atoms with Gasteiger partial charge >= 0.3 is 0 Å². The highest BCUT2D eigenvalue weighted by Gasteiger charge is 2.15. The van der Waals surface area contributed by atoms with Gasteiger partial charge in [0.15, 0.2) is 0 Å². The summed E-state index contributed by atoms with van der Waals surface area (Å²) in [4.78, 5) is 15.6. The highest BCUT2D eigenvalue weighted by Crippen LogP contribution is 2.21. The van der Waals surface area contributed by atoms with Crippen molar-refractivity contribution in [3.05, 3.63) is 59.2 Å². The molecule has 3 rings (SSSR count). The van der Waals surface area contributed by atoms with Gasteiger partial charge in [-0.05, 0) is 48.9 Å². The van der Waals surface area contributed by atoms with Crippen LogP contribution in [0.3, 0.4) is 0 Å². The topological polar surface area (TPSA) is 91.1 Å². The zero-order valence-corrected chi connectivity index (χ0v) is 16.3. The number of sulfonamides is 1. The summed E-state index contributed by atoms with van der Waals surface area (Å²) in [5.74, 6) is -0.365. The summed E-state index contributed by atoms with van der Waals surface area (Å²) in [7, 11) is -3.60. The van der Waals surface area contributed by atoms with Gasteiger partial charge in [0, 0.05) is 28.2 Å². The van der Waals surface area contributed by atoms with Crippen LogP contribution < -0.4 is 10.0 Å². The Hall–Kier alpha value is -2.35. The Balaban J connectivity index is 1.77. The number of anilines is 1. The molecule has 2 aromatic carbocycles. The lowest BCUT2D eigenvalue weighted by Crippen LogP contribution is -2.24. The van der Waals surface area contributed by atoms with Crippen molar-refractivity contribution in [1.29, 1.82) is 0 Å². The minimum Gasteiger partial charge on any atom is -0.351 e. The van der Waals surface area contributed by atoms with Crippen molar-refractivity contribution in [2.24, 2.45) is 0 Å². The first kappa shape index (κ1) is 19.4. The van der Waals surface area contributed by atoms with Crippen LogP contribution in [0.1, 0.15) is 30.3 Å². The molecule has 8 heteroatoms. The smallest absolute Gasteiger partial charge is 0.272 e. The molecule has 0 radical (unpaired) electrons. The van der Waals surface area contributed by atoms with Crippen molar-refractivity contribution in [2.45, 2.75) is 24.7 Å². The highest BCUT2D eigenvalue weighted by molar-refractivity contribution is 7.89. The Kier molecular flexibility index (Phi) is 5.84. The number of amides is 1. The lowest BCUT2D eigenvalue weighted by Gasteiger charge is -2.09. The maximum atomic E-state index is 12.5. The van der Waals surface area contributed by atoms with Gasteiger partial charge in [-0.1, -0.05) is 31.0 Å². The molecule has 6 nitrogen and oxygen atoms in total. The lowest BCUT2D eigenvalue weighted by atomic mass is 10.2. The first-order valence-electron chi connectivity index (χ1n) is 8.58. The minimum absolute atomic E-state index is 0.111. The van der Waals surface area contributed by atoms with Gasteiger partial charge in [0.05, 0.1) is 4.90 Å². The average molecular weight is 406 g/mol. The number of halogens is 1. The molecule has 0 saturated heterocycles. The number of hydrogen-bond donors (Lipinski definition) is 3. The quantitative estimate of drug-likeness (QED) is 0.515. The van der Waals surface area contributed by atoms with Crippen molar-refractivity contribution >= 4 is 44.1 Å². The molecule has 0 fully saturated rings. The highest BCUT2D eigenvalue weighted by atomic mass is 35.5. The van der Waals surface area contributed by atoms with Crippen LogP contribution in [0.2, 0.25) is 5.02 Å². The summed E-state index contributed by atoms with van der Waals surface area (Å²) in [6.07, 6.45) is 1.66. The number of unbranched alkanes of at least 4 members (excludes halogenated alkanes) is 1. The largest absolute Gasteiger partial charge is 0.351 e. The van der Waals surface area contributed by atoms with Crippen LogP contribution in [0.5, 0.6) is 0 Å². The van der Waals surface area contributed by atoms with Crippen LogP contribution in [0, 0.1) is 0 Å². The second-order valence-electron chi connectivity index (χ2n) is 6.15. The van der Waals surface area contributed by atoms with Crippen LogP contribution >= 0.6 is 11.6 Å². The van der Waals surface area contributed by atoms with Gasteiger partial charge < -0.3 is 10.3 Å². The first-order chi connectivity index (χ1) is 12.9. The second-order valence-corrected chi connectivity index (χ2v) is 8.35. The molecule has 0 aliphatic carbocycles. The predicted molar refractivity (Wildman–Crippen MR) is 108 cm³/mol. The molecule has 3 aromatic rings. The van der Waals surface area contributed by atoms with Crippen molar-refractivity contribution in [3.8, 4) is 0 Å². The summed E-state index contributed by atoms with van der Waals surface area (Å²) < 4.78 is 27.2. The van der Waals surface area contributed by atoms with Crippen LogP contribution in [0.4, 0.5) is 5.69 Å². The fourth-order valence-electron chi connectivity index (χ4n) is 2.63. The maximum Gasteiger partial charge on any atom is 0.272 e. The number of carbonyl (C=O) groups is 1. The molecule has 0 saturated carbocycles. The Labute approximate surface area is 163 Å². The Morgan fingerprint density at radius 3 is 2.74 bits per heavy atom. The number of carbonyl (C=O) groups excluding carboxylic acids is 1. The van der Waals surface area contributed by atoms with Gasteiger partial charge in [-0.25, -0.2) is 13.1 Å². The molecule has 0 bridgehead atoms. The molecule has 3 N–H and O–H groups in total. The second kappa shape index (κ2) is 8.12. The summed E-state index contributed by atoms with van der Waals surface area (Å²) in [6.45, 7) is 2.37. The third-order valence-corrected chi connectivity index (χ3v) is 5.75. The lowest BCUT2D eigenvalue weighted by molar-refractivity contribution is 0.102. The molecular formula is C19H20ClN3O3S. The van der Waals surface area contributed by atoms with Gasteiger partial charge in [-0.3, -0.25) is 4.79 Å². The van der Waals surface area contributed by atoms with Crippen LogP contribution in [-0.2, 0) is 10.0 Å². The standard InChI is InChI=1S/C19H20ClN3O3S/c1-2-3-9-21-27(25,26)16-6-4-5-15(12-16)22-19(24)18-11-13-10-14(20)7-8-17(13)23-18/h4-8,10-12,21,23H,2-3,9H2,1H3,(H,22,24). The molecular weight excluding hydrogens is 386 g/mol. The molecule has 27 heavy (non-hydrogen) atoms. The fraction of sp³-hybridized carbons (Fsp3) is 0.211. The Morgan fingerprint density at radius 2 is 1.96 bits per heavy atom. The van der Waals surface area contributed by atoms with Crippen molar-refractivity contribution in [2.75, 3.05) is 11.9 Å². The molecule has 1 heterocycles. The number of H-pyrrole nitrogens is 1. The van der Waals surface area contributed by atoms with E-state index in [-0.39, 0.29) is 10.8 Å². The maximum absolute atomic E-state index is 12.5. The fourth-order valence-corrected chi connectivity index (χ4v) is 3.93. The molecule has 0 atom stereocenters. The van der Waals surface area contributed by atoms with Crippen LogP contribution in [0.15, 0.2) is 53.4 Å². The van der Waals surface area contributed by atoms with E-state index in [2.05, 4.69) is 15.0 Å². The number of fused-ring (bicyclic) bond motifs is 1. The third-order valence-electron chi connectivity index (χ3n) is 4.05. The normalized spacial score (nSPS) is 11.6. The van der Waals surface area contributed by atoms with E-state index in [4.69, 9.17) is 11.6 Å². The van der Waals surface area contributed by atoms with E-state index in [1.807, 2.05) is 6.92 Å². The zero-order valence-electron chi connectivity index (χ0n) is 14.8. The molecule has 0 aliphatic heterocycles. The van der Waals surface area contributed by atoms with E-state index in [1.165, 1.54) is 12.1 Å². The average Bonchev–Trinajstić information content (AvgIpc) is 3.05. The summed E-state index contributed by atoms with van der Waals surface area (Å²) >= 11 is 5.97.